The van der Waals surface area contributed by atoms with E-state index in [2.05, 4.69) is 49.2 Å². The third kappa shape index (κ3) is 5.89. The number of anilines is 2. The summed E-state index contributed by atoms with van der Waals surface area (Å²) in [6.45, 7) is 6.32. The molecule has 5 heteroatoms. The highest BCUT2D eigenvalue weighted by Crippen LogP contribution is 2.33. The van der Waals surface area contributed by atoms with Crippen molar-refractivity contribution in [1.29, 1.82) is 0 Å². The molecule has 0 fully saturated rings. The average Bonchev–Trinajstić information content (AvgIpc) is 2.77. The Labute approximate surface area is 179 Å². The third-order valence-corrected chi connectivity index (χ3v) is 4.96. The molecule has 1 heterocycles. The molecular weight excluding hydrogens is 372 g/mol. The number of rotatable bonds is 4. The lowest BCUT2D eigenvalue weighted by Gasteiger charge is -2.20. The average molecular weight is 405 g/mol. The van der Waals surface area contributed by atoms with Crippen molar-refractivity contribution in [2.24, 2.45) is 0 Å². The van der Waals surface area contributed by atoms with Crippen LogP contribution in [0.15, 0.2) is 48.5 Å². The first-order valence-corrected chi connectivity index (χ1v) is 10.5. The van der Waals surface area contributed by atoms with Crippen LogP contribution >= 0.6 is 0 Å². The summed E-state index contributed by atoms with van der Waals surface area (Å²) in [6.07, 6.45) is 6.18. The van der Waals surface area contributed by atoms with Gasteiger partial charge >= 0.3 is 0 Å². The van der Waals surface area contributed by atoms with E-state index in [-0.39, 0.29) is 0 Å². The van der Waals surface area contributed by atoms with Crippen LogP contribution in [0.25, 0.3) is 11.3 Å². The van der Waals surface area contributed by atoms with Crippen molar-refractivity contribution in [1.82, 2.24) is 9.97 Å². The highest BCUT2D eigenvalue weighted by atomic mass is 16.1. The van der Waals surface area contributed by atoms with Crippen molar-refractivity contribution in [3.63, 3.8) is 0 Å². The zero-order chi connectivity index (χ0) is 21.9. The van der Waals surface area contributed by atoms with E-state index < -0.39 is 0 Å². The Kier molecular flexibility index (Phi) is 9.01. The highest BCUT2D eigenvalue weighted by Gasteiger charge is 2.20. The second-order valence-electron chi connectivity index (χ2n) is 7.25. The monoisotopic (exact) mass is 404 g/mol. The highest BCUT2D eigenvalue weighted by molar-refractivity contribution is 5.71. The van der Waals surface area contributed by atoms with Crippen LogP contribution in [-0.2, 0) is 30.5 Å². The van der Waals surface area contributed by atoms with Crippen molar-refractivity contribution in [2.75, 3.05) is 11.5 Å². The first-order chi connectivity index (χ1) is 14.6. The maximum Gasteiger partial charge on any atom is 0.145 e. The van der Waals surface area contributed by atoms with E-state index in [9.17, 15) is 0 Å². The summed E-state index contributed by atoms with van der Waals surface area (Å²) in [5.74, 6) is 0.583. The van der Waals surface area contributed by atoms with Crippen LogP contribution in [0.4, 0.5) is 11.5 Å². The van der Waals surface area contributed by atoms with Gasteiger partial charge in [0.1, 0.15) is 12.6 Å². The molecule has 0 radical (unpaired) electrons. The smallest absolute Gasteiger partial charge is 0.145 e. The summed E-state index contributed by atoms with van der Waals surface area (Å²) in [4.78, 5) is 17.3. The zero-order valence-corrected chi connectivity index (χ0v) is 18.0. The number of nitrogens with two attached hydrogens (primary N) is 2. The van der Waals surface area contributed by atoms with E-state index in [1.165, 1.54) is 24.0 Å². The molecule has 158 valence electrons. The van der Waals surface area contributed by atoms with Crippen molar-refractivity contribution >= 4 is 18.3 Å². The molecule has 4 rings (SSSR count). The number of nitrogen functional groups attached to an aromatic ring is 2. The predicted octanol–water partition coefficient (Wildman–Crippen LogP) is 4.81. The summed E-state index contributed by atoms with van der Waals surface area (Å²) >= 11 is 0. The van der Waals surface area contributed by atoms with Crippen LogP contribution in [-0.4, -0.2) is 16.8 Å². The Hall–Kier alpha value is -3.21. The lowest BCUT2D eigenvalue weighted by molar-refractivity contribution is -0.0979. The van der Waals surface area contributed by atoms with Crippen molar-refractivity contribution in [2.45, 2.75) is 52.4 Å². The number of fused-ring (bicyclic) bond motifs is 3. The van der Waals surface area contributed by atoms with Gasteiger partial charge in [0, 0.05) is 11.3 Å². The van der Waals surface area contributed by atoms with Gasteiger partial charge in [0.25, 0.3) is 0 Å². The Balaban J connectivity index is 0.000000245. The maximum atomic E-state index is 8.00. The largest absolute Gasteiger partial charge is 0.399 e. The number of carbonyl (C=O) groups is 1. The Bertz CT molecular complexity index is 941. The summed E-state index contributed by atoms with van der Waals surface area (Å²) in [7, 11) is 0. The molecule has 0 saturated heterocycles. The van der Waals surface area contributed by atoms with Crippen LogP contribution in [0.1, 0.15) is 49.2 Å². The summed E-state index contributed by atoms with van der Waals surface area (Å²) < 4.78 is 0. The number of carbonyl (C=O) groups excluding carboxylic acids is 1. The van der Waals surface area contributed by atoms with Gasteiger partial charge in [0.05, 0.1) is 17.1 Å². The molecule has 1 aromatic heterocycles. The lowest BCUT2D eigenvalue weighted by atomic mass is 9.91. The van der Waals surface area contributed by atoms with E-state index in [1.807, 2.05) is 25.0 Å². The van der Waals surface area contributed by atoms with Crippen molar-refractivity contribution in [3.8, 4) is 11.3 Å². The molecule has 3 aromatic rings. The molecule has 5 nitrogen and oxygen atoms in total. The van der Waals surface area contributed by atoms with Crippen LogP contribution < -0.4 is 11.5 Å². The van der Waals surface area contributed by atoms with E-state index in [0.717, 1.165) is 54.0 Å². The minimum Gasteiger partial charge on any atom is -0.399 e. The molecule has 0 bridgehead atoms. The van der Waals surface area contributed by atoms with Crippen LogP contribution in [0.2, 0.25) is 0 Å². The fourth-order valence-corrected chi connectivity index (χ4v) is 3.57. The zero-order valence-electron chi connectivity index (χ0n) is 18.0. The standard InChI is InChI=1S/C15H18N4.C9H12.CH2O/c1-2-3-13-15(17)19-12-7-4-9-8-10(16)5-6-11(9)14(12)18-13;1-2-6-9-7-4-3-5-8-9;1-2/h5-6,8H,2-4,7,16H2,1H3,(H2,17,19);3-5,7-8H,2,6H2,1H3;1H2. The minimum atomic E-state index is 0.583. The van der Waals surface area contributed by atoms with Gasteiger partial charge in [0.15, 0.2) is 0 Å². The number of benzene rings is 2. The Morgan fingerprint density at radius 2 is 1.60 bits per heavy atom. The van der Waals surface area contributed by atoms with Gasteiger partial charge in [-0.15, -0.1) is 0 Å². The van der Waals surface area contributed by atoms with Gasteiger partial charge in [-0.25, -0.2) is 9.97 Å². The summed E-state index contributed by atoms with van der Waals surface area (Å²) in [6, 6.07) is 16.6. The number of nitrogens with zero attached hydrogens (tertiary/aromatic N) is 2. The third-order valence-electron chi connectivity index (χ3n) is 4.96. The molecule has 0 aliphatic heterocycles. The molecule has 4 N–H and O–H groups in total. The molecule has 1 aliphatic rings. The van der Waals surface area contributed by atoms with Crippen molar-refractivity contribution in [3.05, 3.63) is 71.0 Å². The van der Waals surface area contributed by atoms with Gasteiger partial charge in [0.2, 0.25) is 0 Å². The van der Waals surface area contributed by atoms with Crippen LogP contribution in [0, 0.1) is 0 Å². The second-order valence-corrected chi connectivity index (χ2v) is 7.25. The molecule has 0 saturated carbocycles. The van der Waals surface area contributed by atoms with E-state index in [4.69, 9.17) is 21.2 Å². The molecule has 0 atom stereocenters. The molecule has 2 aromatic carbocycles. The summed E-state index contributed by atoms with van der Waals surface area (Å²) in [5, 5.41) is 0. The number of aryl methyl sites for hydroxylation is 4. The van der Waals surface area contributed by atoms with E-state index in [1.54, 1.807) is 0 Å². The normalized spacial score (nSPS) is 11.1. The Morgan fingerprint density at radius 1 is 0.900 bits per heavy atom. The predicted molar refractivity (Wildman–Crippen MR) is 125 cm³/mol. The van der Waals surface area contributed by atoms with Crippen LogP contribution in [0.3, 0.4) is 0 Å². The summed E-state index contributed by atoms with van der Waals surface area (Å²) in [5.41, 5.74) is 19.4. The van der Waals surface area contributed by atoms with Gasteiger partial charge in [-0.3, -0.25) is 0 Å². The topological polar surface area (TPSA) is 94.9 Å². The van der Waals surface area contributed by atoms with E-state index in [0.29, 0.717) is 5.82 Å². The number of hydrogen-bond acceptors (Lipinski definition) is 5. The lowest BCUT2D eigenvalue weighted by Crippen LogP contribution is -2.13. The second kappa shape index (κ2) is 11.7. The molecule has 0 spiro atoms. The SMILES string of the molecule is C=O.CCCc1ccccc1.CCCc1nc2c(nc1N)CCc1cc(N)ccc1-2. The van der Waals surface area contributed by atoms with Crippen molar-refractivity contribution < 1.29 is 4.79 Å². The first-order valence-electron chi connectivity index (χ1n) is 10.5. The quantitative estimate of drug-likeness (QED) is 0.608. The van der Waals surface area contributed by atoms with Gasteiger partial charge in [-0.1, -0.05) is 63.1 Å². The molecule has 1 aliphatic carbocycles. The van der Waals surface area contributed by atoms with Gasteiger partial charge < -0.3 is 16.3 Å². The van der Waals surface area contributed by atoms with Gasteiger partial charge in [-0.05, 0) is 48.9 Å². The fraction of sp³-hybridized carbons (Fsp3) is 0.320. The Morgan fingerprint density at radius 3 is 2.27 bits per heavy atom. The molecule has 30 heavy (non-hydrogen) atoms. The van der Waals surface area contributed by atoms with Crippen LogP contribution in [0.5, 0.6) is 0 Å². The van der Waals surface area contributed by atoms with Gasteiger partial charge in [-0.2, -0.15) is 0 Å². The molecule has 0 unspecified atom stereocenters. The maximum absolute atomic E-state index is 8.00. The fourth-order valence-electron chi connectivity index (χ4n) is 3.57. The number of hydrogen-bond donors (Lipinski definition) is 2. The first kappa shape index (κ1) is 23.1. The molecular formula is C25H32N4O. The number of aromatic nitrogens is 2. The van der Waals surface area contributed by atoms with E-state index >= 15 is 0 Å². The molecule has 0 amide bonds. The minimum absolute atomic E-state index is 0.583.